The lowest BCUT2D eigenvalue weighted by Gasteiger charge is -2.30. The Kier molecular flexibility index (Phi) is 5.43. The number of aryl methyl sites for hydroxylation is 1. The summed E-state index contributed by atoms with van der Waals surface area (Å²) < 4.78 is 0. The minimum Gasteiger partial charge on any atom is -0.361 e. The number of hydrogen-bond acceptors (Lipinski definition) is 3. The van der Waals surface area contributed by atoms with Crippen LogP contribution in [0.2, 0.25) is 0 Å². The molecule has 1 aliphatic heterocycles. The highest BCUT2D eigenvalue weighted by molar-refractivity contribution is 7.80. The van der Waals surface area contributed by atoms with E-state index in [0.717, 1.165) is 47.8 Å². The van der Waals surface area contributed by atoms with E-state index in [1.807, 2.05) is 66.6 Å². The molecule has 2 amide bonds. The van der Waals surface area contributed by atoms with Crippen LogP contribution in [0.5, 0.6) is 0 Å². The summed E-state index contributed by atoms with van der Waals surface area (Å²) in [4.78, 5) is 33.3. The van der Waals surface area contributed by atoms with Gasteiger partial charge in [0.1, 0.15) is 6.04 Å². The monoisotopic (exact) mass is 446 g/mol. The van der Waals surface area contributed by atoms with Crippen LogP contribution in [0.25, 0.3) is 10.9 Å². The molecule has 2 fully saturated rings. The second-order valence-electron chi connectivity index (χ2n) is 8.69. The quantitative estimate of drug-likeness (QED) is 0.555. The molecule has 1 saturated heterocycles. The van der Waals surface area contributed by atoms with E-state index in [1.165, 1.54) is 0 Å². The summed E-state index contributed by atoms with van der Waals surface area (Å²) in [7, 11) is 0. The summed E-state index contributed by atoms with van der Waals surface area (Å²) in [6.45, 7) is 2.01. The summed E-state index contributed by atoms with van der Waals surface area (Å²) in [6, 6.07) is 15.1. The lowest BCUT2D eigenvalue weighted by Crippen LogP contribution is -2.43. The van der Waals surface area contributed by atoms with Crippen LogP contribution >= 0.6 is 12.2 Å². The Morgan fingerprint density at radius 3 is 2.62 bits per heavy atom. The number of hydrogen-bond donors (Lipinski definition) is 2. The number of aromatic amines is 1. The standard InChI is InChI=1S/C25H26N4O2S/c1-16-6-10-20(11-7-16)29-24(31)22(28(25(29)32)19-4-2-3-5-19)15-23(30)27-18-9-8-17-12-13-26-21(17)14-18/h6-14,19,22,26H,2-5,15H2,1H3,(H,27,30). The second kappa shape index (κ2) is 8.39. The van der Waals surface area contributed by atoms with Crippen LogP contribution in [-0.4, -0.2) is 38.9 Å². The van der Waals surface area contributed by atoms with Crippen LogP contribution in [0.1, 0.15) is 37.7 Å². The number of anilines is 2. The van der Waals surface area contributed by atoms with E-state index >= 15 is 0 Å². The van der Waals surface area contributed by atoms with E-state index in [2.05, 4.69) is 10.3 Å². The van der Waals surface area contributed by atoms with Crippen LogP contribution in [0.3, 0.4) is 0 Å². The van der Waals surface area contributed by atoms with Gasteiger partial charge in [0, 0.05) is 23.4 Å². The molecule has 0 radical (unpaired) electrons. The third kappa shape index (κ3) is 3.77. The van der Waals surface area contributed by atoms with Crippen molar-refractivity contribution in [1.82, 2.24) is 9.88 Å². The fourth-order valence-corrected chi connectivity index (χ4v) is 5.31. The Morgan fingerprint density at radius 1 is 1.12 bits per heavy atom. The van der Waals surface area contributed by atoms with Gasteiger partial charge in [0.2, 0.25) is 5.91 Å². The van der Waals surface area contributed by atoms with Gasteiger partial charge in [-0.25, -0.2) is 0 Å². The fraction of sp³-hybridized carbons (Fsp3) is 0.320. The molecular weight excluding hydrogens is 420 g/mol. The minimum absolute atomic E-state index is 0.0700. The van der Waals surface area contributed by atoms with Crippen LogP contribution in [0.15, 0.2) is 54.7 Å². The summed E-state index contributed by atoms with van der Waals surface area (Å²) in [5, 5.41) is 4.55. The van der Waals surface area contributed by atoms with Gasteiger partial charge in [0.05, 0.1) is 12.1 Å². The van der Waals surface area contributed by atoms with Crippen LogP contribution < -0.4 is 10.2 Å². The van der Waals surface area contributed by atoms with E-state index in [4.69, 9.17) is 12.2 Å². The summed E-state index contributed by atoms with van der Waals surface area (Å²) in [5.41, 5.74) is 3.54. The maximum Gasteiger partial charge on any atom is 0.256 e. The maximum atomic E-state index is 13.5. The van der Waals surface area contributed by atoms with Crippen molar-refractivity contribution in [1.29, 1.82) is 0 Å². The van der Waals surface area contributed by atoms with Gasteiger partial charge in [-0.05, 0) is 67.7 Å². The maximum absolute atomic E-state index is 13.5. The molecule has 0 bridgehead atoms. The predicted molar refractivity (Wildman–Crippen MR) is 131 cm³/mol. The van der Waals surface area contributed by atoms with Gasteiger partial charge in [0.15, 0.2) is 5.11 Å². The smallest absolute Gasteiger partial charge is 0.256 e. The van der Waals surface area contributed by atoms with Crippen molar-refractivity contribution in [3.8, 4) is 0 Å². The third-order valence-corrected chi connectivity index (χ3v) is 6.87. The Bertz CT molecular complexity index is 1180. The number of nitrogens with one attached hydrogen (secondary N) is 2. The van der Waals surface area contributed by atoms with Gasteiger partial charge >= 0.3 is 0 Å². The van der Waals surface area contributed by atoms with Gasteiger partial charge < -0.3 is 15.2 Å². The Balaban J connectivity index is 1.39. The molecule has 1 aliphatic carbocycles. The van der Waals surface area contributed by atoms with Crippen molar-refractivity contribution >= 4 is 51.4 Å². The van der Waals surface area contributed by atoms with Crippen LogP contribution in [-0.2, 0) is 9.59 Å². The summed E-state index contributed by atoms with van der Waals surface area (Å²) in [6.07, 6.45) is 6.18. The number of carbonyl (C=O) groups excluding carboxylic acids is 2. The van der Waals surface area contributed by atoms with Gasteiger partial charge in [0.25, 0.3) is 5.91 Å². The number of benzene rings is 2. The molecule has 5 rings (SSSR count). The number of H-pyrrole nitrogens is 1. The first-order valence-corrected chi connectivity index (χ1v) is 11.5. The molecule has 3 aromatic rings. The van der Waals surface area contributed by atoms with E-state index in [1.54, 1.807) is 4.90 Å². The molecule has 1 aromatic heterocycles. The lowest BCUT2D eigenvalue weighted by atomic mass is 10.1. The van der Waals surface area contributed by atoms with E-state index in [9.17, 15) is 9.59 Å². The average molecular weight is 447 g/mol. The number of carbonyl (C=O) groups is 2. The number of aromatic nitrogens is 1. The van der Waals surface area contributed by atoms with Crippen LogP contribution in [0, 0.1) is 6.92 Å². The molecule has 6 nitrogen and oxygen atoms in total. The fourth-order valence-electron chi connectivity index (χ4n) is 4.83. The molecule has 2 heterocycles. The van der Waals surface area contributed by atoms with E-state index in [0.29, 0.717) is 10.8 Å². The van der Waals surface area contributed by atoms with E-state index < -0.39 is 6.04 Å². The minimum atomic E-state index is -0.582. The third-order valence-electron chi connectivity index (χ3n) is 6.48. The average Bonchev–Trinajstić information content (AvgIpc) is 3.50. The Hall–Kier alpha value is -3.19. The highest BCUT2D eigenvalue weighted by Gasteiger charge is 2.47. The Labute approximate surface area is 192 Å². The topological polar surface area (TPSA) is 68.4 Å². The van der Waals surface area contributed by atoms with Crippen molar-refractivity contribution in [2.75, 3.05) is 10.2 Å². The van der Waals surface area contributed by atoms with Crippen molar-refractivity contribution in [3.05, 3.63) is 60.3 Å². The normalized spacial score (nSPS) is 19.3. The highest BCUT2D eigenvalue weighted by atomic mass is 32.1. The summed E-state index contributed by atoms with van der Waals surface area (Å²) >= 11 is 5.79. The number of nitrogens with zero attached hydrogens (tertiary/aromatic N) is 2. The first-order valence-electron chi connectivity index (χ1n) is 11.1. The van der Waals surface area contributed by atoms with Crippen molar-refractivity contribution in [3.63, 3.8) is 0 Å². The zero-order valence-corrected chi connectivity index (χ0v) is 18.8. The number of thiocarbonyl (C=S) groups is 1. The molecule has 1 atom stereocenters. The number of amides is 2. The molecule has 0 spiro atoms. The highest BCUT2D eigenvalue weighted by Crippen LogP contribution is 2.34. The molecule has 1 saturated carbocycles. The largest absolute Gasteiger partial charge is 0.361 e. The first-order chi connectivity index (χ1) is 15.5. The van der Waals surface area contributed by atoms with Gasteiger partial charge in [-0.15, -0.1) is 0 Å². The molecule has 7 heteroatoms. The van der Waals surface area contributed by atoms with Crippen molar-refractivity contribution < 1.29 is 9.59 Å². The number of rotatable bonds is 5. The zero-order valence-electron chi connectivity index (χ0n) is 18.0. The second-order valence-corrected chi connectivity index (χ2v) is 9.05. The van der Waals surface area contributed by atoms with Gasteiger partial charge in [-0.2, -0.15) is 0 Å². The molecule has 164 valence electrons. The predicted octanol–water partition coefficient (Wildman–Crippen LogP) is 4.75. The SMILES string of the molecule is Cc1ccc(N2C(=O)C(CC(=O)Nc3ccc4cc[nH]c4c3)N(C3CCCC3)C2=S)cc1. The lowest BCUT2D eigenvalue weighted by molar-refractivity contribution is -0.124. The molecule has 32 heavy (non-hydrogen) atoms. The molecule has 2 aromatic carbocycles. The first kappa shape index (κ1) is 20.7. The zero-order chi connectivity index (χ0) is 22.2. The van der Waals surface area contributed by atoms with Gasteiger partial charge in [-0.1, -0.05) is 36.6 Å². The number of fused-ring (bicyclic) bond motifs is 1. The van der Waals surface area contributed by atoms with Gasteiger partial charge in [-0.3, -0.25) is 14.5 Å². The van der Waals surface area contributed by atoms with E-state index in [-0.39, 0.29) is 24.3 Å². The molecule has 2 aliphatic rings. The van der Waals surface area contributed by atoms with Crippen LogP contribution in [0.4, 0.5) is 11.4 Å². The Morgan fingerprint density at radius 2 is 1.88 bits per heavy atom. The van der Waals surface area contributed by atoms with Crippen molar-refractivity contribution in [2.24, 2.45) is 0 Å². The molecular formula is C25H26N4O2S. The molecule has 2 N–H and O–H groups in total. The van der Waals surface area contributed by atoms with Crippen molar-refractivity contribution in [2.45, 2.75) is 51.1 Å². The molecule has 1 unspecified atom stereocenters. The summed E-state index contributed by atoms with van der Waals surface area (Å²) in [5.74, 6) is -0.313.